The number of hydrazone groups is 1. The molecule has 0 unspecified atom stereocenters. The van der Waals surface area contributed by atoms with Crippen molar-refractivity contribution in [3.63, 3.8) is 0 Å². The summed E-state index contributed by atoms with van der Waals surface area (Å²) in [6.07, 6.45) is 1.39. The molecule has 2 aromatic rings. The minimum Gasteiger partial charge on any atom is -0.497 e. The van der Waals surface area contributed by atoms with Gasteiger partial charge >= 0.3 is 0 Å². The number of ether oxygens (including phenoxy) is 1. The van der Waals surface area contributed by atoms with E-state index in [-0.39, 0.29) is 16.3 Å². The van der Waals surface area contributed by atoms with Crippen LogP contribution in [0.15, 0.2) is 52.5 Å². The van der Waals surface area contributed by atoms with E-state index in [2.05, 4.69) is 15.2 Å². The van der Waals surface area contributed by atoms with Crippen LogP contribution in [0.5, 0.6) is 5.75 Å². The van der Waals surface area contributed by atoms with Crippen LogP contribution in [0.1, 0.15) is 26.7 Å². The molecule has 2 rings (SSSR count). The van der Waals surface area contributed by atoms with Crippen molar-refractivity contribution in [2.45, 2.75) is 31.6 Å². The Labute approximate surface area is 163 Å². The normalized spacial score (nSPS) is 10.8. The van der Waals surface area contributed by atoms with E-state index < -0.39 is 14.9 Å². The van der Waals surface area contributed by atoms with Crippen molar-refractivity contribution in [1.29, 1.82) is 0 Å². The Kier molecular flexibility index (Phi) is 6.94. The first-order chi connectivity index (χ1) is 13.3. The third kappa shape index (κ3) is 5.19. The third-order valence-electron chi connectivity index (χ3n) is 3.96. The number of nitro groups is 1. The summed E-state index contributed by atoms with van der Waals surface area (Å²) in [5, 5.41) is 15.3. The van der Waals surface area contributed by atoms with Crippen LogP contribution in [0.25, 0.3) is 0 Å². The molecule has 0 bridgehead atoms. The monoisotopic (exact) mass is 406 g/mol. The minimum absolute atomic E-state index is 0.144. The van der Waals surface area contributed by atoms with Gasteiger partial charge in [-0.3, -0.25) is 20.3 Å². The van der Waals surface area contributed by atoms with Gasteiger partial charge in [-0.1, -0.05) is 13.8 Å². The van der Waals surface area contributed by atoms with E-state index in [1.54, 1.807) is 12.1 Å². The molecule has 0 saturated heterocycles. The molecule has 0 aliphatic heterocycles. The van der Waals surface area contributed by atoms with Crippen molar-refractivity contribution in [2.75, 3.05) is 17.3 Å². The average molecular weight is 406 g/mol. The standard InChI is InChI=1S/C18H22N4O5S/c1-4-13(5-2)19-20-17-11-8-15(22(23)24)12-18(17)28(25,26)21-14-6-9-16(27-3)10-7-14/h6-12,20-21H,4-5H2,1-3H3. The summed E-state index contributed by atoms with van der Waals surface area (Å²) in [7, 11) is -2.61. The predicted octanol–water partition coefficient (Wildman–Crippen LogP) is 3.99. The van der Waals surface area contributed by atoms with Gasteiger partial charge in [0.15, 0.2) is 0 Å². The lowest BCUT2D eigenvalue weighted by Gasteiger charge is -2.13. The highest BCUT2D eigenvalue weighted by molar-refractivity contribution is 7.92. The highest BCUT2D eigenvalue weighted by atomic mass is 32.2. The van der Waals surface area contributed by atoms with Crippen molar-refractivity contribution < 1.29 is 18.1 Å². The van der Waals surface area contributed by atoms with Gasteiger partial charge in [-0.25, -0.2) is 8.42 Å². The first-order valence-corrected chi connectivity index (χ1v) is 10.1. The van der Waals surface area contributed by atoms with Gasteiger partial charge in [0, 0.05) is 23.5 Å². The van der Waals surface area contributed by atoms with E-state index in [1.807, 2.05) is 13.8 Å². The van der Waals surface area contributed by atoms with E-state index in [4.69, 9.17) is 4.74 Å². The van der Waals surface area contributed by atoms with Crippen molar-refractivity contribution in [2.24, 2.45) is 5.10 Å². The molecule has 10 heteroatoms. The maximum absolute atomic E-state index is 12.9. The fraction of sp³-hybridized carbons (Fsp3) is 0.278. The Balaban J connectivity index is 2.44. The first kappa shape index (κ1) is 21.2. The zero-order valence-electron chi connectivity index (χ0n) is 15.8. The summed E-state index contributed by atoms with van der Waals surface area (Å²) in [5.74, 6) is 0.571. The van der Waals surface area contributed by atoms with Crippen molar-refractivity contribution in [1.82, 2.24) is 0 Å². The SMILES string of the molecule is CCC(CC)=NNc1ccc([N+](=O)[O-])cc1S(=O)(=O)Nc1ccc(OC)cc1. The van der Waals surface area contributed by atoms with Crippen LogP contribution >= 0.6 is 0 Å². The van der Waals surface area contributed by atoms with Crippen LogP contribution in [-0.2, 0) is 10.0 Å². The number of sulfonamides is 1. The number of non-ortho nitro benzene ring substituents is 1. The lowest BCUT2D eigenvalue weighted by atomic mass is 10.2. The summed E-state index contributed by atoms with van der Waals surface area (Å²) >= 11 is 0. The predicted molar refractivity (Wildman–Crippen MR) is 109 cm³/mol. The van der Waals surface area contributed by atoms with Crippen LogP contribution in [0.2, 0.25) is 0 Å². The van der Waals surface area contributed by atoms with Crippen molar-refractivity contribution in [3.05, 3.63) is 52.6 Å². The van der Waals surface area contributed by atoms with Gasteiger partial charge in [0.05, 0.1) is 17.7 Å². The Morgan fingerprint density at radius 2 is 1.79 bits per heavy atom. The van der Waals surface area contributed by atoms with Crippen LogP contribution in [0.4, 0.5) is 17.1 Å². The van der Waals surface area contributed by atoms with E-state index in [9.17, 15) is 18.5 Å². The Hall–Kier alpha value is -3.14. The number of rotatable bonds is 9. The summed E-state index contributed by atoms with van der Waals surface area (Å²) < 4.78 is 33.2. The van der Waals surface area contributed by atoms with Crippen LogP contribution in [-0.4, -0.2) is 26.2 Å². The van der Waals surface area contributed by atoms with Crippen LogP contribution in [0, 0.1) is 10.1 Å². The Morgan fingerprint density at radius 1 is 1.14 bits per heavy atom. The summed E-state index contributed by atoms with van der Waals surface area (Å²) in [5.41, 5.74) is 3.66. The molecule has 0 fully saturated rings. The molecule has 0 radical (unpaired) electrons. The topological polar surface area (TPSA) is 123 Å². The minimum atomic E-state index is -4.11. The molecule has 0 amide bonds. The maximum atomic E-state index is 12.9. The molecule has 0 heterocycles. The molecular weight excluding hydrogens is 384 g/mol. The smallest absolute Gasteiger partial charge is 0.270 e. The van der Waals surface area contributed by atoms with Gasteiger partial charge in [-0.15, -0.1) is 0 Å². The highest BCUT2D eigenvalue weighted by Crippen LogP contribution is 2.29. The fourth-order valence-electron chi connectivity index (χ4n) is 2.36. The molecule has 0 aromatic heterocycles. The lowest BCUT2D eigenvalue weighted by Crippen LogP contribution is -2.15. The number of nitrogens with zero attached hydrogens (tertiary/aromatic N) is 2. The average Bonchev–Trinajstić information content (AvgIpc) is 2.69. The summed E-state index contributed by atoms with van der Waals surface area (Å²) in [4.78, 5) is 10.2. The number of methoxy groups -OCH3 is 1. The Morgan fingerprint density at radius 3 is 2.32 bits per heavy atom. The number of hydrogen-bond acceptors (Lipinski definition) is 7. The van der Waals surface area contributed by atoms with Gasteiger partial charge in [0.25, 0.3) is 15.7 Å². The molecular formula is C18H22N4O5S. The van der Waals surface area contributed by atoms with Crippen molar-refractivity contribution >= 4 is 32.8 Å². The molecule has 0 spiro atoms. The highest BCUT2D eigenvalue weighted by Gasteiger charge is 2.23. The van der Waals surface area contributed by atoms with Crippen molar-refractivity contribution in [3.8, 4) is 5.75 Å². The number of nitro benzene ring substituents is 1. The molecule has 0 aliphatic rings. The maximum Gasteiger partial charge on any atom is 0.270 e. The molecule has 0 saturated carbocycles. The lowest BCUT2D eigenvalue weighted by molar-refractivity contribution is -0.385. The Bertz CT molecular complexity index is 966. The molecule has 2 N–H and O–H groups in total. The second-order valence-electron chi connectivity index (χ2n) is 5.77. The van der Waals surface area contributed by atoms with Gasteiger partial charge < -0.3 is 4.74 Å². The molecule has 2 aromatic carbocycles. The quantitative estimate of drug-likeness (QED) is 0.369. The first-order valence-electron chi connectivity index (χ1n) is 8.57. The number of nitrogens with one attached hydrogen (secondary N) is 2. The van der Waals surface area contributed by atoms with E-state index >= 15 is 0 Å². The van der Waals surface area contributed by atoms with Gasteiger partial charge in [-0.2, -0.15) is 5.10 Å². The van der Waals surface area contributed by atoms with Gasteiger partial charge in [0.2, 0.25) is 0 Å². The zero-order chi connectivity index (χ0) is 20.7. The van der Waals surface area contributed by atoms with Crippen LogP contribution < -0.4 is 14.9 Å². The number of anilines is 2. The number of hydrogen-bond donors (Lipinski definition) is 2. The summed E-state index contributed by atoms with van der Waals surface area (Å²) in [6.45, 7) is 3.87. The molecule has 0 atom stereocenters. The largest absolute Gasteiger partial charge is 0.497 e. The van der Waals surface area contributed by atoms with Gasteiger partial charge in [0.1, 0.15) is 10.6 Å². The van der Waals surface area contributed by atoms with E-state index in [1.165, 1.54) is 31.4 Å². The molecule has 28 heavy (non-hydrogen) atoms. The van der Waals surface area contributed by atoms with Gasteiger partial charge in [-0.05, 0) is 43.2 Å². The van der Waals surface area contributed by atoms with E-state index in [0.29, 0.717) is 24.3 Å². The zero-order valence-corrected chi connectivity index (χ0v) is 16.6. The van der Waals surface area contributed by atoms with E-state index in [0.717, 1.165) is 11.8 Å². The summed E-state index contributed by atoms with van der Waals surface area (Å²) in [6, 6.07) is 9.82. The second-order valence-corrected chi connectivity index (χ2v) is 7.42. The number of benzene rings is 2. The second kappa shape index (κ2) is 9.18. The molecule has 0 aliphatic carbocycles. The fourth-order valence-corrected chi connectivity index (χ4v) is 3.59. The molecule has 9 nitrogen and oxygen atoms in total. The van der Waals surface area contributed by atoms with Crippen LogP contribution in [0.3, 0.4) is 0 Å². The third-order valence-corrected chi connectivity index (χ3v) is 5.38. The molecule has 150 valence electrons.